The molecule has 0 spiro atoms. The topological polar surface area (TPSA) is 83.9 Å². The van der Waals surface area contributed by atoms with Crippen molar-refractivity contribution in [3.8, 4) is 0 Å². The van der Waals surface area contributed by atoms with Gasteiger partial charge in [0.1, 0.15) is 5.76 Å². The third-order valence-electron chi connectivity index (χ3n) is 3.84. The summed E-state index contributed by atoms with van der Waals surface area (Å²) in [7, 11) is 0. The van der Waals surface area contributed by atoms with Gasteiger partial charge < -0.3 is 20.4 Å². The first-order chi connectivity index (χ1) is 10.7. The second-order valence-electron chi connectivity index (χ2n) is 5.69. The highest BCUT2D eigenvalue weighted by molar-refractivity contribution is 14.0. The van der Waals surface area contributed by atoms with Crippen molar-refractivity contribution in [1.29, 1.82) is 0 Å². The molecule has 0 bridgehead atoms. The fourth-order valence-corrected chi connectivity index (χ4v) is 2.86. The Morgan fingerprint density at radius 2 is 2.39 bits per heavy atom. The summed E-state index contributed by atoms with van der Waals surface area (Å²) < 4.78 is 5.33. The van der Waals surface area contributed by atoms with Gasteiger partial charge in [0.25, 0.3) is 0 Å². The van der Waals surface area contributed by atoms with Crippen molar-refractivity contribution in [3.63, 3.8) is 0 Å². The summed E-state index contributed by atoms with van der Waals surface area (Å²) in [5.74, 6) is 1.99. The summed E-state index contributed by atoms with van der Waals surface area (Å²) in [4.78, 5) is 18.0. The van der Waals surface area contributed by atoms with E-state index >= 15 is 0 Å². The number of nitrogens with one attached hydrogen (secondary N) is 1. The number of amides is 1. The molecular weight excluding hydrogens is 407 g/mol. The Bertz CT molecular complexity index is 490. The van der Waals surface area contributed by atoms with Crippen LogP contribution in [0.5, 0.6) is 0 Å². The molecule has 1 aliphatic heterocycles. The Hall–Kier alpha value is -1.25. The van der Waals surface area contributed by atoms with Crippen LogP contribution in [-0.4, -0.2) is 42.9 Å². The van der Waals surface area contributed by atoms with E-state index in [0.717, 1.165) is 50.6 Å². The van der Waals surface area contributed by atoms with E-state index in [2.05, 4.69) is 22.1 Å². The lowest BCUT2D eigenvalue weighted by Crippen LogP contribution is -2.47. The molecule has 6 nitrogen and oxygen atoms in total. The lowest BCUT2D eigenvalue weighted by Gasteiger charge is -2.34. The van der Waals surface area contributed by atoms with Crippen molar-refractivity contribution in [2.24, 2.45) is 16.6 Å². The lowest BCUT2D eigenvalue weighted by molar-refractivity contribution is -0.119. The first-order valence-electron chi connectivity index (χ1n) is 8.03. The highest BCUT2D eigenvalue weighted by atomic mass is 127. The minimum absolute atomic E-state index is 0. The number of nitrogens with zero attached hydrogens (tertiary/aromatic N) is 2. The number of guanidine groups is 1. The molecule has 7 heteroatoms. The molecule has 0 aromatic carbocycles. The highest BCUT2D eigenvalue weighted by Crippen LogP contribution is 2.19. The first-order valence-corrected chi connectivity index (χ1v) is 8.03. The van der Waals surface area contributed by atoms with E-state index in [1.54, 1.807) is 6.26 Å². The molecule has 1 aromatic rings. The predicted octanol–water partition coefficient (Wildman–Crippen LogP) is 1.99. The van der Waals surface area contributed by atoms with Crippen molar-refractivity contribution >= 4 is 35.8 Å². The van der Waals surface area contributed by atoms with Crippen LogP contribution in [0.3, 0.4) is 0 Å². The number of hydrogen-bond donors (Lipinski definition) is 2. The summed E-state index contributed by atoms with van der Waals surface area (Å²) >= 11 is 0. The van der Waals surface area contributed by atoms with Crippen LogP contribution in [0.15, 0.2) is 27.8 Å². The van der Waals surface area contributed by atoms with Gasteiger partial charge in [0.05, 0.1) is 6.26 Å². The number of furan rings is 1. The standard InChI is InChI=1S/C16H26N4O2.HI/c1-2-18-16(19-8-7-14-6-4-10-22-14)20-9-3-5-13(12-20)11-15(17)21;/h4,6,10,13H,2-3,5,7-9,11-12H2,1H3,(H2,17,21)(H,18,19);1H. The van der Waals surface area contributed by atoms with E-state index in [4.69, 9.17) is 10.2 Å². The largest absolute Gasteiger partial charge is 0.469 e. The van der Waals surface area contributed by atoms with Crippen LogP contribution in [0.2, 0.25) is 0 Å². The maximum Gasteiger partial charge on any atom is 0.217 e. The van der Waals surface area contributed by atoms with Gasteiger partial charge in [-0.05, 0) is 37.8 Å². The zero-order valence-corrected chi connectivity index (χ0v) is 16.0. The summed E-state index contributed by atoms with van der Waals surface area (Å²) in [6.07, 6.45) is 5.07. The third-order valence-corrected chi connectivity index (χ3v) is 3.84. The van der Waals surface area contributed by atoms with Crippen LogP contribution in [0.1, 0.15) is 31.9 Å². The molecule has 1 atom stereocenters. The minimum Gasteiger partial charge on any atom is -0.469 e. The smallest absolute Gasteiger partial charge is 0.217 e. The number of carbonyl (C=O) groups excluding carboxylic acids is 1. The van der Waals surface area contributed by atoms with E-state index in [1.807, 2.05) is 12.1 Å². The molecule has 1 unspecified atom stereocenters. The van der Waals surface area contributed by atoms with Gasteiger partial charge in [-0.1, -0.05) is 0 Å². The SMILES string of the molecule is CCNC(=NCCc1ccco1)N1CCCC(CC(N)=O)C1.I. The van der Waals surface area contributed by atoms with Gasteiger partial charge in [0.15, 0.2) is 5.96 Å². The first kappa shape index (κ1) is 19.8. The molecule has 3 N–H and O–H groups in total. The van der Waals surface area contributed by atoms with Gasteiger partial charge in [0.2, 0.25) is 5.91 Å². The average molecular weight is 434 g/mol. The Morgan fingerprint density at radius 3 is 3.04 bits per heavy atom. The Morgan fingerprint density at radius 1 is 1.57 bits per heavy atom. The van der Waals surface area contributed by atoms with E-state index in [9.17, 15) is 4.79 Å². The molecule has 1 amide bonds. The molecular formula is C16H27IN4O2. The van der Waals surface area contributed by atoms with E-state index in [1.165, 1.54) is 0 Å². The number of halogens is 1. The van der Waals surface area contributed by atoms with Crippen LogP contribution >= 0.6 is 24.0 Å². The van der Waals surface area contributed by atoms with Crippen LogP contribution in [0.25, 0.3) is 0 Å². The predicted molar refractivity (Wildman–Crippen MR) is 102 cm³/mol. The fraction of sp³-hybridized carbons (Fsp3) is 0.625. The number of nitrogens with two attached hydrogens (primary N) is 1. The van der Waals surface area contributed by atoms with Crippen molar-refractivity contribution in [1.82, 2.24) is 10.2 Å². The van der Waals surface area contributed by atoms with Crippen LogP contribution < -0.4 is 11.1 Å². The second-order valence-corrected chi connectivity index (χ2v) is 5.69. The molecule has 2 rings (SSSR count). The maximum absolute atomic E-state index is 11.1. The Labute approximate surface area is 154 Å². The molecule has 1 fully saturated rings. The lowest BCUT2D eigenvalue weighted by atomic mass is 9.95. The monoisotopic (exact) mass is 434 g/mol. The third kappa shape index (κ3) is 6.80. The van der Waals surface area contributed by atoms with E-state index in [-0.39, 0.29) is 29.9 Å². The molecule has 1 aliphatic rings. The van der Waals surface area contributed by atoms with Crippen LogP contribution in [0, 0.1) is 5.92 Å². The molecule has 23 heavy (non-hydrogen) atoms. The minimum atomic E-state index is -0.216. The van der Waals surface area contributed by atoms with Gasteiger partial charge in [-0.3, -0.25) is 9.79 Å². The van der Waals surface area contributed by atoms with Gasteiger partial charge in [0, 0.05) is 39.0 Å². The normalized spacial score (nSPS) is 18.4. The summed E-state index contributed by atoms with van der Waals surface area (Å²) in [6.45, 7) is 5.40. The molecule has 0 radical (unpaired) electrons. The number of rotatable bonds is 6. The van der Waals surface area contributed by atoms with Crippen molar-refractivity contribution < 1.29 is 9.21 Å². The van der Waals surface area contributed by atoms with Gasteiger partial charge in [-0.15, -0.1) is 24.0 Å². The molecule has 0 aliphatic carbocycles. The quantitative estimate of drug-likeness (QED) is 0.408. The average Bonchev–Trinajstić information content (AvgIpc) is 2.99. The van der Waals surface area contributed by atoms with Gasteiger partial charge >= 0.3 is 0 Å². The number of primary amides is 1. The van der Waals surface area contributed by atoms with E-state index < -0.39 is 0 Å². The molecule has 1 aromatic heterocycles. The zero-order chi connectivity index (χ0) is 15.8. The fourth-order valence-electron chi connectivity index (χ4n) is 2.86. The zero-order valence-electron chi connectivity index (χ0n) is 13.7. The van der Waals surface area contributed by atoms with Crippen LogP contribution in [0.4, 0.5) is 0 Å². The van der Waals surface area contributed by atoms with Crippen molar-refractivity contribution in [2.45, 2.75) is 32.6 Å². The number of carbonyl (C=O) groups is 1. The number of aliphatic imine (C=N–C) groups is 1. The number of hydrogen-bond acceptors (Lipinski definition) is 3. The number of piperidine rings is 1. The molecule has 0 saturated carbocycles. The van der Waals surface area contributed by atoms with Crippen LogP contribution in [-0.2, 0) is 11.2 Å². The van der Waals surface area contributed by atoms with E-state index in [0.29, 0.717) is 18.9 Å². The molecule has 1 saturated heterocycles. The second kappa shape index (κ2) is 10.5. The van der Waals surface area contributed by atoms with Crippen molar-refractivity contribution in [2.75, 3.05) is 26.2 Å². The summed E-state index contributed by atoms with van der Waals surface area (Å²) in [5.41, 5.74) is 5.32. The van der Waals surface area contributed by atoms with Gasteiger partial charge in [-0.25, -0.2) is 0 Å². The summed E-state index contributed by atoms with van der Waals surface area (Å²) in [5, 5.41) is 3.34. The number of likely N-dealkylation sites (tertiary alicyclic amines) is 1. The van der Waals surface area contributed by atoms with Crippen molar-refractivity contribution in [3.05, 3.63) is 24.2 Å². The maximum atomic E-state index is 11.1. The Balaban J connectivity index is 0.00000264. The Kier molecular flexibility index (Phi) is 9.05. The van der Waals surface area contributed by atoms with Gasteiger partial charge in [-0.2, -0.15) is 0 Å². The molecule has 2 heterocycles. The molecule has 130 valence electrons. The summed E-state index contributed by atoms with van der Waals surface area (Å²) in [6, 6.07) is 3.86. The highest BCUT2D eigenvalue weighted by Gasteiger charge is 2.23.